The van der Waals surface area contributed by atoms with E-state index in [1.165, 1.54) is 16.4 Å². The van der Waals surface area contributed by atoms with Crippen molar-refractivity contribution < 1.29 is 17.6 Å². The number of carbonyl (C=O) groups is 1. The van der Waals surface area contributed by atoms with Crippen LogP contribution in [0, 0.1) is 12.7 Å². The first-order chi connectivity index (χ1) is 12.4. The van der Waals surface area contributed by atoms with Gasteiger partial charge in [-0.15, -0.1) is 0 Å². The minimum Gasteiger partial charge on any atom is -0.340 e. The molecule has 26 heavy (non-hydrogen) atoms. The zero-order chi connectivity index (χ0) is 18.7. The van der Waals surface area contributed by atoms with E-state index in [-0.39, 0.29) is 43.4 Å². The summed E-state index contributed by atoms with van der Waals surface area (Å²) in [5.74, 6) is -0.855. The third-order valence-electron chi connectivity index (χ3n) is 4.35. The second-order valence-electron chi connectivity index (χ2n) is 6.22. The largest absolute Gasteiger partial charge is 0.340 e. The molecule has 2 heterocycles. The lowest BCUT2D eigenvalue weighted by Gasteiger charge is -2.34. The van der Waals surface area contributed by atoms with E-state index in [1.54, 1.807) is 30.2 Å². The lowest BCUT2D eigenvalue weighted by atomic mass is 10.2. The van der Waals surface area contributed by atoms with Crippen LogP contribution in [0.15, 0.2) is 47.5 Å². The van der Waals surface area contributed by atoms with E-state index in [2.05, 4.69) is 4.98 Å². The Labute approximate surface area is 152 Å². The minimum atomic E-state index is -3.92. The molecule has 0 aliphatic carbocycles. The van der Waals surface area contributed by atoms with E-state index >= 15 is 0 Å². The number of hydrogen-bond acceptors (Lipinski definition) is 4. The topological polar surface area (TPSA) is 70.6 Å². The monoisotopic (exact) mass is 377 g/mol. The number of piperazine rings is 1. The van der Waals surface area contributed by atoms with E-state index in [4.69, 9.17) is 0 Å². The van der Waals surface area contributed by atoms with Crippen molar-refractivity contribution in [3.05, 3.63) is 59.7 Å². The normalized spacial score (nSPS) is 15.8. The molecule has 0 radical (unpaired) electrons. The maximum Gasteiger partial charge on any atom is 0.246 e. The number of aromatic nitrogens is 1. The van der Waals surface area contributed by atoms with Gasteiger partial charge >= 0.3 is 0 Å². The summed E-state index contributed by atoms with van der Waals surface area (Å²) in [7, 11) is -3.92. The summed E-state index contributed by atoms with van der Waals surface area (Å²) in [5, 5.41) is 0. The number of sulfonamides is 1. The molecule has 0 N–H and O–H groups in total. The Kier molecular flexibility index (Phi) is 5.33. The zero-order valence-corrected chi connectivity index (χ0v) is 15.2. The maximum absolute atomic E-state index is 14.0. The highest BCUT2D eigenvalue weighted by atomic mass is 32.2. The van der Waals surface area contributed by atoms with Crippen molar-refractivity contribution in [1.82, 2.24) is 14.2 Å². The van der Waals surface area contributed by atoms with Crippen molar-refractivity contribution >= 4 is 15.9 Å². The summed E-state index contributed by atoms with van der Waals surface area (Å²) in [5.41, 5.74) is 1.35. The van der Waals surface area contributed by atoms with Gasteiger partial charge in [0.25, 0.3) is 0 Å². The molecule has 1 aliphatic heterocycles. The average molecular weight is 377 g/mol. The highest BCUT2D eigenvalue weighted by Crippen LogP contribution is 2.22. The summed E-state index contributed by atoms with van der Waals surface area (Å²) in [4.78, 5) is 17.8. The van der Waals surface area contributed by atoms with Gasteiger partial charge in [0.1, 0.15) is 10.7 Å². The predicted octanol–water partition coefficient (Wildman–Crippen LogP) is 1.60. The fourth-order valence-corrected chi connectivity index (χ4v) is 4.47. The molecule has 0 bridgehead atoms. The molecule has 138 valence electrons. The lowest BCUT2D eigenvalue weighted by molar-refractivity contribution is -0.131. The molecule has 2 aromatic rings. The van der Waals surface area contributed by atoms with E-state index in [1.807, 2.05) is 6.07 Å². The van der Waals surface area contributed by atoms with Crippen LogP contribution in [0.2, 0.25) is 0 Å². The maximum atomic E-state index is 14.0. The molecule has 1 fully saturated rings. The Morgan fingerprint density at radius 1 is 1.15 bits per heavy atom. The van der Waals surface area contributed by atoms with Crippen molar-refractivity contribution in [1.29, 1.82) is 0 Å². The Hall–Kier alpha value is -2.32. The van der Waals surface area contributed by atoms with Crippen molar-refractivity contribution in [2.75, 3.05) is 26.2 Å². The number of aryl methyl sites for hydroxylation is 1. The van der Waals surface area contributed by atoms with Gasteiger partial charge in [-0.1, -0.05) is 12.1 Å². The van der Waals surface area contributed by atoms with Gasteiger partial charge in [0.15, 0.2) is 0 Å². The predicted molar refractivity (Wildman–Crippen MR) is 94.4 cm³/mol. The van der Waals surface area contributed by atoms with Crippen molar-refractivity contribution in [2.45, 2.75) is 18.2 Å². The van der Waals surface area contributed by atoms with Crippen LogP contribution in [-0.2, 0) is 21.2 Å². The molecule has 6 nitrogen and oxygen atoms in total. The summed E-state index contributed by atoms with van der Waals surface area (Å²) >= 11 is 0. The second-order valence-corrected chi connectivity index (χ2v) is 8.12. The Balaban J connectivity index is 1.66. The van der Waals surface area contributed by atoms with Crippen LogP contribution in [0.5, 0.6) is 0 Å². The van der Waals surface area contributed by atoms with E-state index in [0.717, 1.165) is 6.07 Å². The van der Waals surface area contributed by atoms with Gasteiger partial charge in [-0.3, -0.25) is 9.78 Å². The standard InChI is InChI=1S/C18H20FN3O3S/c1-14-5-6-16(19)17(12-14)26(24,25)22-10-8-21(9-11-22)18(23)13-15-4-2-3-7-20-15/h2-7,12H,8-11,13H2,1H3. The van der Waals surface area contributed by atoms with Crippen molar-refractivity contribution in [2.24, 2.45) is 0 Å². The van der Waals surface area contributed by atoms with Gasteiger partial charge in [0, 0.05) is 38.1 Å². The quantitative estimate of drug-likeness (QED) is 0.812. The molecule has 1 aliphatic rings. The summed E-state index contributed by atoms with van der Waals surface area (Å²) in [6, 6.07) is 9.40. The number of pyridine rings is 1. The molecule has 1 aromatic heterocycles. The van der Waals surface area contributed by atoms with Crippen LogP contribution in [0.1, 0.15) is 11.3 Å². The third kappa shape index (κ3) is 3.91. The highest BCUT2D eigenvalue weighted by molar-refractivity contribution is 7.89. The molecule has 0 saturated carbocycles. The van der Waals surface area contributed by atoms with Crippen LogP contribution >= 0.6 is 0 Å². The van der Waals surface area contributed by atoms with Gasteiger partial charge < -0.3 is 4.90 Å². The smallest absolute Gasteiger partial charge is 0.246 e. The molecule has 0 spiro atoms. The van der Waals surface area contributed by atoms with Gasteiger partial charge in [-0.25, -0.2) is 12.8 Å². The lowest BCUT2D eigenvalue weighted by Crippen LogP contribution is -2.51. The van der Waals surface area contributed by atoms with Gasteiger partial charge in [0.05, 0.1) is 6.42 Å². The highest BCUT2D eigenvalue weighted by Gasteiger charge is 2.32. The van der Waals surface area contributed by atoms with Crippen LogP contribution < -0.4 is 0 Å². The molecule has 0 atom stereocenters. The van der Waals surface area contributed by atoms with Gasteiger partial charge in [0.2, 0.25) is 15.9 Å². The number of halogens is 1. The first-order valence-electron chi connectivity index (χ1n) is 8.32. The number of nitrogens with zero attached hydrogens (tertiary/aromatic N) is 3. The van der Waals surface area contributed by atoms with Crippen LogP contribution in [0.3, 0.4) is 0 Å². The summed E-state index contributed by atoms with van der Waals surface area (Å²) in [6.07, 6.45) is 1.81. The number of rotatable bonds is 4. The molecule has 8 heteroatoms. The van der Waals surface area contributed by atoms with Gasteiger partial charge in [-0.2, -0.15) is 4.31 Å². The molecular formula is C18H20FN3O3S. The van der Waals surface area contributed by atoms with Crippen LogP contribution in [0.25, 0.3) is 0 Å². The fourth-order valence-electron chi connectivity index (χ4n) is 2.89. The first kappa shape index (κ1) is 18.5. The second kappa shape index (κ2) is 7.51. The van der Waals surface area contributed by atoms with Crippen LogP contribution in [0.4, 0.5) is 4.39 Å². The Bertz CT molecular complexity index is 895. The average Bonchev–Trinajstić information content (AvgIpc) is 2.64. The van der Waals surface area contributed by atoms with Crippen molar-refractivity contribution in [3.8, 4) is 0 Å². The van der Waals surface area contributed by atoms with Gasteiger partial charge in [-0.05, 0) is 36.8 Å². The van der Waals surface area contributed by atoms with E-state index in [9.17, 15) is 17.6 Å². The first-order valence-corrected chi connectivity index (χ1v) is 9.76. The molecule has 1 saturated heterocycles. The van der Waals surface area contributed by atoms with E-state index in [0.29, 0.717) is 11.3 Å². The summed E-state index contributed by atoms with van der Waals surface area (Å²) < 4.78 is 40.6. The van der Waals surface area contributed by atoms with Crippen LogP contribution in [-0.4, -0.2) is 54.7 Å². The number of benzene rings is 1. The molecule has 3 rings (SSSR count). The SMILES string of the molecule is Cc1ccc(F)c(S(=O)(=O)N2CCN(C(=O)Cc3ccccn3)CC2)c1. The number of hydrogen-bond donors (Lipinski definition) is 0. The number of carbonyl (C=O) groups excluding carboxylic acids is 1. The molecule has 1 aromatic carbocycles. The number of amides is 1. The molecular weight excluding hydrogens is 357 g/mol. The summed E-state index contributed by atoms with van der Waals surface area (Å²) in [6.45, 7) is 2.55. The minimum absolute atomic E-state index is 0.0949. The fraction of sp³-hybridized carbons (Fsp3) is 0.333. The molecule has 0 unspecified atom stereocenters. The van der Waals surface area contributed by atoms with Crippen molar-refractivity contribution in [3.63, 3.8) is 0 Å². The zero-order valence-electron chi connectivity index (χ0n) is 14.4. The Morgan fingerprint density at radius 3 is 2.54 bits per heavy atom. The third-order valence-corrected chi connectivity index (χ3v) is 6.27. The van der Waals surface area contributed by atoms with E-state index < -0.39 is 15.8 Å². The molecule has 1 amide bonds. The Morgan fingerprint density at radius 2 is 1.88 bits per heavy atom.